The summed E-state index contributed by atoms with van der Waals surface area (Å²) in [5, 5.41) is 3.15. The third-order valence-electron chi connectivity index (χ3n) is 18.7. The van der Waals surface area contributed by atoms with Gasteiger partial charge in [0.05, 0.1) is 95.3 Å². The van der Waals surface area contributed by atoms with E-state index in [-0.39, 0.29) is 64.7 Å². The summed E-state index contributed by atoms with van der Waals surface area (Å²) in [7, 11) is 4.86. The highest BCUT2D eigenvalue weighted by Crippen LogP contribution is 2.44. The number of pyridine rings is 6. The molecule has 3 aliphatic rings. The largest absolute Gasteiger partial charge is 0.453 e. The molecule has 23 nitrogen and oxygen atoms in total. The van der Waals surface area contributed by atoms with Crippen molar-refractivity contribution in [2.45, 2.75) is 124 Å². The number of halogens is 4. The first-order chi connectivity index (χ1) is 57.6. The maximum atomic E-state index is 14.9. The first kappa shape index (κ1) is 88.4. The predicted octanol–water partition coefficient (Wildman–Crippen LogP) is 20.2. The number of ketones is 2. The molecule has 3 saturated carbocycles. The number of nitrogens with zero attached hydrogens (tertiary/aromatic N) is 8. The van der Waals surface area contributed by atoms with Gasteiger partial charge in [0, 0.05) is 145 Å². The minimum atomic E-state index is -0.604. The van der Waals surface area contributed by atoms with Gasteiger partial charge in [0.2, 0.25) is 5.24 Å². The molecule has 0 bridgehead atoms. The number of carbonyl (C=O) groups excluding carboxylic acids is 5. The smallest absolute Gasteiger partial charge is 0.410 e. The van der Waals surface area contributed by atoms with Crippen molar-refractivity contribution in [3.05, 3.63) is 210 Å². The second kappa shape index (κ2) is 40.9. The molecule has 628 valence electrons. The van der Waals surface area contributed by atoms with Gasteiger partial charge in [-0.2, -0.15) is 0 Å². The van der Waals surface area contributed by atoms with Crippen LogP contribution in [0.2, 0.25) is 0 Å². The number of anilines is 1. The normalized spacial score (nSPS) is 13.1. The summed E-state index contributed by atoms with van der Waals surface area (Å²) in [6.07, 6.45) is 15.7. The molecule has 15 rings (SSSR count). The van der Waals surface area contributed by atoms with Crippen LogP contribution in [0.15, 0.2) is 165 Å². The van der Waals surface area contributed by atoms with Gasteiger partial charge in [0.25, 0.3) is 0 Å². The number of methoxy groups -OCH3 is 3. The Bertz CT molecular complexity index is 5560. The van der Waals surface area contributed by atoms with Crippen molar-refractivity contribution < 1.29 is 75.0 Å². The maximum Gasteiger partial charge on any atom is 0.410 e. The number of hydrogen-bond acceptors (Lipinski definition) is 24. The molecule has 0 spiro atoms. The van der Waals surface area contributed by atoms with Crippen LogP contribution in [-0.4, -0.2) is 141 Å². The molecule has 0 aliphatic heterocycles. The number of benzene rings is 3. The number of ether oxygens (including phenoxy) is 8. The summed E-state index contributed by atoms with van der Waals surface area (Å²) in [5.74, 6) is 1.16. The van der Waals surface area contributed by atoms with Crippen molar-refractivity contribution in [3.63, 3.8) is 0 Å². The highest BCUT2D eigenvalue weighted by Gasteiger charge is 2.32. The van der Waals surface area contributed by atoms with Crippen LogP contribution in [0.25, 0.3) is 62.4 Å². The Morgan fingerprint density at radius 2 is 0.808 bits per heavy atom. The van der Waals surface area contributed by atoms with Crippen LogP contribution in [0.4, 0.5) is 28.4 Å². The molecule has 9 heterocycles. The van der Waals surface area contributed by atoms with Gasteiger partial charge >= 0.3 is 12.2 Å². The summed E-state index contributed by atoms with van der Waals surface area (Å²) >= 11 is 9.44. The van der Waals surface area contributed by atoms with E-state index in [1.165, 1.54) is 58.3 Å². The number of aromatic nitrogens is 6. The SMILES string of the molecule is COCCN(Cc1ccc(-c2cc3nccc(Oc4ccc(CC(=O)C5CC5)cc4F)c3s2)nc1)C(=O)OC(C)(C)C.COCCN(Cc1ccc(-c2cc3nccc(Oc4ccc(N)cc4F)c3s2)nc1)C(=O)OC(C)(C)C.COCCNCc1ccc(-c2cc3nccc(Oc4ccc(CC(=O)C5CC5)cc4F)c3s2)nc1.O=C(Cl)C1CC1. The lowest BCUT2D eigenvalue weighted by atomic mass is 10.1. The zero-order chi connectivity index (χ0) is 85.2. The van der Waals surface area contributed by atoms with Crippen molar-refractivity contribution in [1.29, 1.82) is 0 Å². The summed E-state index contributed by atoms with van der Waals surface area (Å²) < 4.78 is 90.5. The van der Waals surface area contributed by atoms with E-state index in [4.69, 9.17) is 55.2 Å². The minimum Gasteiger partial charge on any atom is -0.453 e. The first-order valence-corrected chi connectivity index (χ1v) is 42.0. The molecule has 0 atom stereocenters. The average molecular weight is 1710 g/mol. The Labute approximate surface area is 710 Å². The zero-order valence-electron chi connectivity index (χ0n) is 68.0. The number of thiophene rings is 3. The standard InChI is InChI=1S/C32H34FN3O5S.C27H29FN4O4S.C27H26FN3O3S.C4H5ClO/c1-32(2,3)41-31(38)36(13-14-39-4)19-21-5-9-24(35-18-21)29-17-25-30(42-29)28(11-12-34-25)40-27-10-6-20(15-23(27)33)16-26(37)22-7-8-22;1-27(2,3)36-26(33)32(11-12-34-4)16-17-5-7-20(31-15-17)24-14-21-25(37-24)23(9-10-30-21)35-22-8-6-18(29)13-19(22)28;1-33-11-10-29-15-18-2-6-21(31-16-18)26-14-22-27(35-26)25(8-9-30-22)34-24-7-3-17(12-20(24)28)13-23(32)19-4-5-19;5-4(6)3-1-2-3/h5-6,9-12,15,17-18,22H,7-8,13-14,16,19H2,1-4H3;5-10,13-15H,11-12,16,29H2,1-4H3;2-3,6-9,12,14,16,19,29H,4-5,10-11,13,15H2,1H3;3H,1-2H2. The van der Waals surface area contributed by atoms with Crippen LogP contribution < -0.4 is 25.3 Å². The van der Waals surface area contributed by atoms with E-state index >= 15 is 0 Å². The van der Waals surface area contributed by atoms with Gasteiger partial charge in [-0.25, -0.2) is 22.8 Å². The van der Waals surface area contributed by atoms with E-state index in [9.17, 15) is 37.1 Å². The fourth-order valence-corrected chi connectivity index (χ4v) is 15.3. The minimum absolute atomic E-state index is 0.0853. The summed E-state index contributed by atoms with van der Waals surface area (Å²) in [6.45, 7) is 15.4. The third kappa shape index (κ3) is 25.6. The highest BCUT2D eigenvalue weighted by atomic mass is 35.5. The lowest BCUT2D eigenvalue weighted by Gasteiger charge is -2.27. The lowest BCUT2D eigenvalue weighted by molar-refractivity contribution is -0.120. The molecule has 0 unspecified atom stereocenters. The van der Waals surface area contributed by atoms with Gasteiger partial charge in [0.1, 0.15) is 40.0 Å². The molecule has 0 saturated heterocycles. The van der Waals surface area contributed by atoms with Crippen LogP contribution in [-0.2, 0) is 70.5 Å². The van der Waals surface area contributed by atoms with Gasteiger partial charge in [-0.1, -0.05) is 30.3 Å². The van der Waals surface area contributed by atoms with Crippen LogP contribution >= 0.6 is 45.6 Å². The summed E-state index contributed by atoms with van der Waals surface area (Å²) in [6, 6.07) is 36.3. The number of carbonyl (C=O) groups is 5. The molecule has 3 aliphatic carbocycles. The molecular formula is C90H94ClF3N10O13S3. The third-order valence-corrected chi connectivity index (χ3v) is 22.5. The Kier molecular flexibility index (Phi) is 30.1. The van der Waals surface area contributed by atoms with E-state index in [0.717, 1.165) is 125 Å². The Morgan fingerprint density at radius 1 is 0.450 bits per heavy atom. The Balaban J connectivity index is 0.000000160. The maximum absolute atomic E-state index is 14.9. The molecule has 30 heteroatoms. The fourth-order valence-electron chi connectivity index (χ4n) is 12.0. The molecule has 0 radical (unpaired) electrons. The van der Waals surface area contributed by atoms with Gasteiger partial charge in [0.15, 0.2) is 34.7 Å². The molecule has 120 heavy (non-hydrogen) atoms. The molecule has 9 aromatic heterocycles. The molecule has 12 aromatic rings. The molecule has 3 aromatic carbocycles. The number of nitrogens with two attached hydrogens (primary N) is 1. The first-order valence-electron chi connectivity index (χ1n) is 39.2. The predicted molar refractivity (Wildman–Crippen MR) is 459 cm³/mol. The topological polar surface area (TPSA) is 281 Å². The van der Waals surface area contributed by atoms with Crippen LogP contribution in [0, 0.1) is 35.2 Å². The van der Waals surface area contributed by atoms with Crippen LogP contribution in [0.3, 0.4) is 0 Å². The number of rotatable bonds is 31. The van der Waals surface area contributed by atoms with E-state index in [2.05, 4.69) is 35.2 Å². The zero-order valence-corrected chi connectivity index (χ0v) is 71.2. The lowest BCUT2D eigenvalue weighted by Crippen LogP contribution is -2.38. The van der Waals surface area contributed by atoms with Gasteiger partial charge in [-0.05, 0) is 192 Å². The van der Waals surface area contributed by atoms with E-state index < -0.39 is 40.8 Å². The van der Waals surface area contributed by atoms with Crippen molar-refractivity contribution in [3.8, 4) is 66.2 Å². The van der Waals surface area contributed by atoms with E-state index in [1.807, 2.05) is 102 Å². The number of nitrogen functional groups attached to an aromatic ring is 1. The molecule has 2 amide bonds. The second-order valence-electron chi connectivity index (χ2n) is 31.0. The van der Waals surface area contributed by atoms with Crippen LogP contribution in [0.1, 0.15) is 108 Å². The van der Waals surface area contributed by atoms with Gasteiger partial charge in [-0.15, -0.1) is 34.0 Å². The fraction of sp³-hybridized carbons (Fsp3) is 0.344. The average Bonchev–Trinajstić information content (AvgIpc) is 1.64. The monoisotopic (exact) mass is 1710 g/mol. The quantitative estimate of drug-likeness (QED) is 0.0232. The second-order valence-corrected chi connectivity index (χ2v) is 34.5. The van der Waals surface area contributed by atoms with E-state index in [1.54, 1.807) is 111 Å². The Hall–Kier alpha value is -10.9. The molecular weight excluding hydrogens is 1620 g/mol. The van der Waals surface area contributed by atoms with Gasteiger partial charge < -0.3 is 58.7 Å². The van der Waals surface area contributed by atoms with Crippen molar-refractivity contribution in [2.24, 2.45) is 17.8 Å². The molecule has 3 N–H and O–H groups in total. The number of fused-ring (bicyclic) bond motifs is 3. The number of hydrogen-bond donors (Lipinski definition) is 2. The Morgan fingerprint density at radius 3 is 1.12 bits per heavy atom. The number of nitrogens with one attached hydrogen (secondary N) is 1. The van der Waals surface area contributed by atoms with Crippen LogP contribution in [0.5, 0.6) is 34.5 Å². The summed E-state index contributed by atoms with van der Waals surface area (Å²) in [4.78, 5) is 92.5. The van der Waals surface area contributed by atoms with Gasteiger partial charge in [-0.3, -0.25) is 44.3 Å². The van der Waals surface area contributed by atoms with Crippen molar-refractivity contribution in [2.75, 3.05) is 66.5 Å². The van der Waals surface area contributed by atoms with Crippen molar-refractivity contribution in [1.82, 2.24) is 45.0 Å². The van der Waals surface area contributed by atoms with Crippen molar-refractivity contribution >= 4 is 111 Å². The summed E-state index contributed by atoms with van der Waals surface area (Å²) in [5.41, 5.74) is 13.4. The van der Waals surface area contributed by atoms with E-state index in [0.29, 0.717) is 85.6 Å². The number of Topliss-reactive ketones (excluding diaryl/α,β-unsaturated/α-hetero) is 2. The molecule has 3 fully saturated rings. The highest BCUT2D eigenvalue weighted by molar-refractivity contribution is 7.23. The number of amides is 2.